The van der Waals surface area contributed by atoms with Crippen LogP contribution in [0.25, 0.3) is 0 Å². The lowest BCUT2D eigenvalue weighted by Gasteiger charge is -2.24. The van der Waals surface area contributed by atoms with E-state index in [0.29, 0.717) is 22.7 Å². The Morgan fingerprint density at radius 2 is 1.59 bits per heavy atom. The highest BCUT2D eigenvalue weighted by Gasteiger charge is 2.28. The lowest BCUT2D eigenvalue weighted by molar-refractivity contribution is -0.142. The van der Waals surface area contributed by atoms with E-state index in [2.05, 4.69) is 15.3 Å². The summed E-state index contributed by atoms with van der Waals surface area (Å²) in [6.07, 6.45) is 1.39. The van der Waals surface area contributed by atoms with Gasteiger partial charge in [0.15, 0.2) is 18.1 Å². The largest absolute Gasteiger partial charge is 0.493 e. The number of ether oxygens (including phenoxy) is 4. The van der Waals surface area contributed by atoms with Crippen LogP contribution in [0.15, 0.2) is 76.7 Å². The summed E-state index contributed by atoms with van der Waals surface area (Å²) in [6.45, 7) is 1.12. The Morgan fingerprint density at radius 3 is 2.21 bits per heavy atom. The van der Waals surface area contributed by atoms with Crippen LogP contribution in [0.5, 0.6) is 17.2 Å². The molecule has 3 aromatic carbocycles. The molecule has 0 aliphatic carbocycles. The minimum atomic E-state index is -4.18. The van der Waals surface area contributed by atoms with Crippen LogP contribution in [0, 0.1) is 6.92 Å². The first kappa shape index (κ1) is 29.0. The second-order valence-electron chi connectivity index (χ2n) is 8.09. The maximum absolute atomic E-state index is 13.6. The number of hydrazone groups is 1. The highest BCUT2D eigenvalue weighted by Crippen LogP contribution is 2.32. The molecule has 0 heterocycles. The van der Waals surface area contributed by atoms with Crippen LogP contribution >= 0.6 is 0 Å². The lowest BCUT2D eigenvalue weighted by atomic mass is 10.2. The Morgan fingerprint density at radius 1 is 0.923 bits per heavy atom. The summed E-state index contributed by atoms with van der Waals surface area (Å²) >= 11 is 0. The van der Waals surface area contributed by atoms with Gasteiger partial charge in [0.25, 0.3) is 15.9 Å². The number of methoxy groups -OCH3 is 3. The summed E-state index contributed by atoms with van der Waals surface area (Å²) in [7, 11) is -0.0575. The number of nitrogens with one attached hydrogen (secondary N) is 1. The highest BCUT2D eigenvalue weighted by molar-refractivity contribution is 7.92. The van der Waals surface area contributed by atoms with Crippen LogP contribution in [-0.4, -0.2) is 61.0 Å². The number of esters is 1. The Balaban J connectivity index is 1.76. The van der Waals surface area contributed by atoms with Crippen LogP contribution in [0.4, 0.5) is 5.69 Å². The van der Waals surface area contributed by atoms with E-state index in [4.69, 9.17) is 14.2 Å². The monoisotopic (exact) mass is 555 g/mol. The van der Waals surface area contributed by atoms with Gasteiger partial charge in [-0.15, -0.1) is 0 Å². The smallest absolute Gasteiger partial charge is 0.343 e. The van der Waals surface area contributed by atoms with Gasteiger partial charge in [0.1, 0.15) is 12.3 Å². The molecular formula is C27H29N3O8S. The number of amides is 1. The molecule has 0 unspecified atom stereocenters. The summed E-state index contributed by atoms with van der Waals surface area (Å²) in [4.78, 5) is 23.9. The molecule has 0 aliphatic heterocycles. The molecule has 206 valence electrons. The predicted molar refractivity (Wildman–Crippen MR) is 145 cm³/mol. The van der Waals surface area contributed by atoms with Crippen LogP contribution in [0.3, 0.4) is 0 Å². The summed E-state index contributed by atoms with van der Waals surface area (Å²) < 4.78 is 48.5. The topological polar surface area (TPSA) is 133 Å². The molecule has 0 radical (unpaired) electrons. The average Bonchev–Trinajstić information content (AvgIpc) is 2.95. The lowest BCUT2D eigenvalue weighted by Crippen LogP contribution is -2.39. The third kappa shape index (κ3) is 7.71. The Hall–Kier alpha value is -4.58. The maximum atomic E-state index is 13.6. The first-order valence-electron chi connectivity index (χ1n) is 11.6. The Bertz CT molecular complexity index is 1420. The molecule has 0 fully saturated rings. The van der Waals surface area contributed by atoms with Gasteiger partial charge in [-0.3, -0.25) is 9.10 Å². The number of rotatable bonds is 12. The van der Waals surface area contributed by atoms with Gasteiger partial charge in [0.05, 0.1) is 38.1 Å². The molecule has 3 rings (SSSR count). The fourth-order valence-corrected chi connectivity index (χ4v) is 4.76. The van der Waals surface area contributed by atoms with Crippen molar-refractivity contribution in [1.29, 1.82) is 0 Å². The van der Waals surface area contributed by atoms with Crippen LogP contribution in [0.1, 0.15) is 11.1 Å². The number of sulfonamides is 1. The van der Waals surface area contributed by atoms with Crippen molar-refractivity contribution in [2.24, 2.45) is 5.10 Å². The molecule has 39 heavy (non-hydrogen) atoms. The standard InChI is InChI=1S/C27H29N3O8S/c1-19-5-9-21(10-6-19)30(39(33,34)23-13-14-24(35-2)25(15-23)36-3)17-26(31)29-28-16-20-7-11-22(12-8-20)38-18-27(32)37-4/h5-16H,17-18H2,1-4H3,(H,29,31)/b28-16+. The van der Waals surface area contributed by atoms with Crippen molar-refractivity contribution in [3.05, 3.63) is 77.9 Å². The summed E-state index contributed by atoms with van der Waals surface area (Å²) in [5.41, 5.74) is 4.22. The van der Waals surface area contributed by atoms with Crippen LogP contribution in [0.2, 0.25) is 0 Å². The van der Waals surface area contributed by atoms with Gasteiger partial charge in [-0.25, -0.2) is 18.6 Å². The van der Waals surface area contributed by atoms with Crippen molar-refractivity contribution >= 4 is 33.8 Å². The third-order valence-corrected chi connectivity index (χ3v) is 7.19. The van der Waals surface area contributed by atoms with Gasteiger partial charge < -0.3 is 18.9 Å². The normalized spacial score (nSPS) is 11.1. The van der Waals surface area contributed by atoms with E-state index in [9.17, 15) is 18.0 Å². The number of nitrogens with zero attached hydrogens (tertiary/aromatic N) is 2. The summed E-state index contributed by atoms with van der Waals surface area (Å²) in [6, 6.07) is 17.5. The van der Waals surface area contributed by atoms with E-state index in [1.165, 1.54) is 45.7 Å². The zero-order valence-corrected chi connectivity index (χ0v) is 22.7. The number of anilines is 1. The van der Waals surface area contributed by atoms with E-state index < -0.39 is 28.4 Å². The van der Waals surface area contributed by atoms with Crippen molar-refractivity contribution in [3.63, 3.8) is 0 Å². The summed E-state index contributed by atoms with van der Waals surface area (Å²) in [5, 5.41) is 3.93. The molecule has 0 saturated heterocycles. The number of hydrogen-bond donors (Lipinski definition) is 1. The summed E-state index contributed by atoms with van der Waals surface area (Å²) in [5.74, 6) is -0.104. The first-order valence-corrected chi connectivity index (χ1v) is 13.0. The van der Waals surface area contributed by atoms with Gasteiger partial charge >= 0.3 is 5.97 Å². The van der Waals surface area contributed by atoms with Gasteiger partial charge in [-0.2, -0.15) is 5.10 Å². The van der Waals surface area contributed by atoms with E-state index in [1.807, 2.05) is 6.92 Å². The molecule has 1 amide bonds. The number of carbonyl (C=O) groups is 2. The molecule has 1 N–H and O–H groups in total. The van der Waals surface area contributed by atoms with Gasteiger partial charge in [0, 0.05) is 6.07 Å². The Kier molecular flexibility index (Phi) is 9.87. The quantitative estimate of drug-likeness (QED) is 0.205. The molecular weight excluding hydrogens is 526 g/mol. The second-order valence-corrected chi connectivity index (χ2v) is 9.95. The van der Waals surface area contributed by atoms with Gasteiger partial charge in [-0.1, -0.05) is 17.7 Å². The number of benzene rings is 3. The van der Waals surface area contributed by atoms with E-state index in [1.54, 1.807) is 48.5 Å². The average molecular weight is 556 g/mol. The molecule has 0 atom stereocenters. The predicted octanol–water partition coefficient (Wildman–Crippen LogP) is 2.91. The van der Waals surface area contributed by atoms with Crippen molar-refractivity contribution in [2.45, 2.75) is 11.8 Å². The fraction of sp³-hybridized carbons (Fsp3) is 0.222. The molecule has 0 saturated carbocycles. The van der Waals surface area contributed by atoms with Crippen molar-refractivity contribution < 1.29 is 37.0 Å². The first-order chi connectivity index (χ1) is 18.7. The third-order valence-electron chi connectivity index (χ3n) is 5.42. The van der Waals surface area contributed by atoms with E-state index in [0.717, 1.165) is 9.87 Å². The highest BCUT2D eigenvalue weighted by atomic mass is 32.2. The van der Waals surface area contributed by atoms with Crippen molar-refractivity contribution in [2.75, 3.05) is 38.8 Å². The minimum Gasteiger partial charge on any atom is -0.493 e. The SMILES string of the molecule is COC(=O)COc1ccc(/C=N/NC(=O)CN(c2ccc(C)cc2)S(=O)(=O)c2ccc(OC)c(OC)c2)cc1. The minimum absolute atomic E-state index is 0.0773. The molecule has 12 heteroatoms. The van der Waals surface area contributed by atoms with Gasteiger partial charge in [-0.05, 0) is 61.0 Å². The zero-order valence-electron chi connectivity index (χ0n) is 21.9. The van der Waals surface area contributed by atoms with Crippen molar-refractivity contribution in [1.82, 2.24) is 5.43 Å². The molecule has 0 aromatic heterocycles. The van der Waals surface area contributed by atoms with E-state index in [-0.39, 0.29) is 17.3 Å². The van der Waals surface area contributed by atoms with E-state index >= 15 is 0 Å². The maximum Gasteiger partial charge on any atom is 0.343 e. The van der Waals surface area contributed by atoms with Crippen molar-refractivity contribution in [3.8, 4) is 17.2 Å². The molecule has 0 bridgehead atoms. The van der Waals surface area contributed by atoms with Crippen LogP contribution < -0.4 is 23.9 Å². The Labute approximate surface area is 227 Å². The molecule has 3 aromatic rings. The second kappa shape index (κ2) is 13.3. The molecule has 0 aliphatic rings. The molecule has 0 spiro atoms. The molecule has 11 nitrogen and oxygen atoms in total. The van der Waals surface area contributed by atoms with Gasteiger partial charge in [0.2, 0.25) is 0 Å². The zero-order chi connectivity index (χ0) is 28.4. The number of aryl methyl sites for hydroxylation is 1. The fourth-order valence-electron chi connectivity index (χ4n) is 3.33. The number of carbonyl (C=O) groups excluding carboxylic acids is 2. The number of hydrogen-bond acceptors (Lipinski definition) is 9. The van der Waals surface area contributed by atoms with Crippen LogP contribution in [-0.2, 0) is 24.3 Å².